The van der Waals surface area contributed by atoms with Crippen molar-refractivity contribution in [1.29, 1.82) is 5.26 Å². The van der Waals surface area contributed by atoms with Crippen LogP contribution in [-0.4, -0.2) is 35.3 Å². The molecular weight excluding hydrogens is 166 g/mol. The fourth-order valence-corrected chi connectivity index (χ4v) is 0.675. The molecule has 0 amide bonds. The molecule has 0 fully saturated rings. The largest absolute Gasteiger partial charge is 0.369 e. The third-order valence-corrected chi connectivity index (χ3v) is 1.22. The van der Waals surface area contributed by atoms with Crippen LogP contribution in [0.5, 0.6) is 0 Å². The molecule has 0 N–H and O–H groups in total. The SMILES string of the molecule is CN(C)/C=N/c1ncncc1C#N. The number of hydrogen-bond donors (Lipinski definition) is 0. The Morgan fingerprint density at radius 2 is 2.38 bits per heavy atom. The van der Waals surface area contributed by atoms with Gasteiger partial charge in [-0.05, 0) is 0 Å². The number of aromatic nitrogens is 2. The Kier molecular flexibility index (Phi) is 2.92. The van der Waals surface area contributed by atoms with Gasteiger partial charge in [-0.3, -0.25) is 0 Å². The lowest BCUT2D eigenvalue weighted by atomic mass is 10.3. The molecule has 1 aromatic rings. The quantitative estimate of drug-likeness (QED) is 0.487. The maximum atomic E-state index is 8.67. The van der Waals surface area contributed by atoms with Gasteiger partial charge in [-0.1, -0.05) is 0 Å². The molecule has 0 spiro atoms. The van der Waals surface area contributed by atoms with Crippen LogP contribution in [0.1, 0.15) is 5.56 Å². The molecule has 1 rings (SSSR count). The van der Waals surface area contributed by atoms with Crippen LogP contribution in [0.2, 0.25) is 0 Å². The van der Waals surface area contributed by atoms with Crippen LogP contribution in [0.15, 0.2) is 17.5 Å². The van der Waals surface area contributed by atoms with Crippen molar-refractivity contribution in [2.24, 2.45) is 4.99 Å². The highest BCUT2D eigenvalue weighted by Gasteiger charge is 1.99. The molecule has 0 radical (unpaired) electrons. The molecule has 1 heterocycles. The number of aliphatic imine (C=N–C) groups is 1. The van der Waals surface area contributed by atoms with E-state index in [9.17, 15) is 0 Å². The van der Waals surface area contributed by atoms with Crippen molar-refractivity contribution in [3.05, 3.63) is 18.1 Å². The van der Waals surface area contributed by atoms with Gasteiger partial charge in [0.25, 0.3) is 0 Å². The van der Waals surface area contributed by atoms with Crippen molar-refractivity contribution < 1.29 is 0 Å². The van der Waals surface area contributed by atoms with Crippen molar-refractivity contribution in [2.75, 3.05) is 14.1 Å². The second kappa shape index (κ2) is 4.16. The van der Waals surface area contributed by atoms with Gasteiger partial charge in [-0.25, -0.2) is 15.0 Å². The first-order valence-electron chi connectivity index (χ1n) is 3.64. The third-order valence-electron chi connectivity index (χ3n) is 1.22. The zero-order valence-corrected chi connectivity index (χ0v) is 7.47. The summed E-state index contributed by atoms with van der Waals surface area (Å²) in [5.41, 5.74) is 0.376. The van der Waals surface area contributed by atoms with E-state index in [-0.39, 0.29) is 0 Å². The molecular formula is C8H9N5. The first-order chi connectivity index (χ1) is 6.24. The average Bonchev–Trinajstić information content (AvgIpc) is 2.15. The Morgan fingerprint density at radius 1 is 1.62 bits per heavy atom. The van der Waals surface area contributed by atoms with Gasteiger partial charge in [0.05, 0.1) is 12.5 Å². The summed E-state index contributed by atoms with van der Waals surface area (Å²) in [6, 6.07) is 1.96. The lowest BCUT2D eigenvalue weighted by molar-refractivity contribution is 0.643. The molecule has 0 bridgehead atoms. The summed E-state index contributed by atoms with van der Waals surface area (Å²) in [6.45, 7) is 0. The molecule has 13 heavy (non-hydrogen) atoms. The maximum Gasteiger partial charge on any atom is 0.174 e. The summed E-state index contributed by atoms with van der Waals surface area (Å²) in [5, 5.41) is 8.67. The lowest BCUT2D eigenvalue weighted by Gasteiger charge is -2.01. The normalized spacial score (nSPS) is 9.92. The molecule has 0 aliphatic heterocycles. The molecule has 5 heteroatoms. The molecule has 0 saturated carbocycles. The molecule has 0 saturated heterocycles. The number of rotatable bonds is 2. The van der Waals surface area contributed by atoms with Gasteiger partial charge in [-0.15, -0.1) is 0 Å². The van der Waals surface area contributed by atoms with E-state index >= 15 is 0 Å². The lowest BCUT2D eigenvalue weighted by Crippen LogP contribution is -2.07. The van der Waals surface area contributed by atoms with Crippen LogP contribution in [0, 0.1) is 11.3 Å². The van der Waals surface area contributed by atoms with Crippen molar-refractivity contribution >= 4 is 12.2 Å². The molecule has 0 aromatic carbocycles. The van der Waals surface area contributed by atoms with Crippen LogP contribution in [0.3, 0.4) is 0 Å². The van der Waals surface area contributed by atoms with E-state index in [1.54, 1.807) is 11.2 Å². The number of hydrogen-bond acceptors (Lipinski definition) is 4. The highest BCUT2D eigenvalue weighted by atomic mass is 15.1. The topological polar surface area (TPSA) is 65.2 Å². The summed E-state index contributed by atoms with van der Waals surface area (Å²) in [7, 11) is 3.69. The Bertz CT molecular complexity index is 350. The molecule has 0 unspecified atom stereocenters. The first kappa shape index (κ1) is 9.13. The average molecular weight is 175 g/mol. The van der Waals surface area contributed by atoms with Crippen molar-refractivity contribution in [1.82, 2.24) is 14.9 Å². The molecule has 5 nitrogen and oxygen atoms in total. The van der Waals surface area contributed by atoms with Gasteiger partial charge < -0.3 is 4.90 Å². The minimum atomic E-state index is 0.376. The van der Waals surface area contributed by atoms with E-state index in [0.29, 0.717) is 11.4 Å². The predicted octanol–water partition coefficient (Wildman–Crippen LogP) is 0.570. The van der Waals surface area contributed by atoms with Crippen LogP contribution in [0.25, 0.3) is 0 Å². The predicted molar refractivity (Wildman–Crippen MR) is 48.6 cm³/mol. The fraction of sp³-hybridized carbons (Fsp3) is 0.250. The van der Waals surface area contributed by atoms with Gasteiger partial charge in [0.2, 0.25) is 0 Å². The van der Waals surface area contributed by atoms with Gasteiger partial charge >= 0.3 is 0 Å². The van der Waals surface area contributed by atoms with E-state index in [0.717, 1.165) is 0 Å². The first-order valence-corrected chi connectivity index (χ1v) is 3.64. The van der Waals surface area contributed by atoms with Crippen molar-refractivity contribution in [3.63, 3.8) is 0 Å². The second-order valence-corrected chi connectivity index (χ2v) is 2.58. The van der Waals surface area contributed by atoms with Crippen LogP contribution < -0.4 is 0 Å². The van der Waals surface area contributed by atoms with Crippen LogP contribution in [-0.2, 0) is 0 Å². The van der Waals surface area contributed by atoms with Crippen LogP contribution in [0.4, 0.5) is 5.82 Å². The molecule has 0 atom stereocenters. The highest BCUT2D eigenvalue weighted by Crippen LogP contribution is 2.10. The highest BCUT2D eigenvalue weighted by molar-refractivity contribution is 5.61. The minimum Gasteiger partial charge on any atom is -0.369 e. The van der Waals surface area contributed by atoms with Crippen molar-refractivity contribution in [3.8, 4) is 6.07 Å². The Balaban J connectivity index is 2.95. The van der Waals surface area contributed by atoms with Gasteiger partial charge in [0.1, 0.15) is 18.0 Å². The van der Waals surface area contributed by atoms with Crippen molar-refractivity contribution in [2.45, 2.75) is 0 Å². The van der Waals surface area contributed by atoms with E-state index in [1.165, 1.54) is 12.5 Å². The smallest absolute Gasteiger partial charge is 0.174 e. The van der Waals surface area contributed by atoms with E-state index in [1.807, 2.05) is 20.2 Å². The summed E-state index contributed by atoms with van der Waals surface area (Å²) in [5.74, 6) is 0.395. The molecule has 66 valence electrons. The Labute approximate surface area is 76.4 Å². The number of nitriles is 1. The minimum absolute atomic E-state index is 0.376. The van der Waals surface area contributed by atoms with Gasteiger partial charge in [0.15, 0.2) is 5.82 Å². The second-order valence-electron chi connectivity index (χ2n) is 2.58. The zero-order chi connectivity index (χ0) is 9.68. The van der Waals surface area contributed by atoms with E-state index in [4.69, 9.17) is 5.26 Å². The Hall–Kier alpha value is -1.96. The van der Waals surface area contributed by atoms with Gasteiger partial charge in [0, 0.05) is 14.1 Å². The number of nitrogens with zero attached hydrogens (tertiary/aromatic N) is 5. The summed E-state index contributed by atoms with van der Waals surface area (Å²) in [4.78, 5) is 13.4. The molecule has 0 aliphatic carbocycles. The van der Waals surface area contributed by atoms with Gasteiger partial charge in [-0.2, -0.15) is 5.26 Å². The summed E-state index contributed by atoms with van der Waals surface area (Å²) in [6.07, 6.45) is 4.39. The monoisotopic (exact) mass is 175 g/mol. The fourth-order valence-electron chi connectivity index (χ4n) is 0.675. The maximum absolute atomic E-state index is 8.67. The summed E-state index contributed by atoms with van der Waals surface area (Å²) >= 11 is 0. The summed E-state index contributed by atoms with van der Waals surface area (Å²) < 4.78 is 0. The standard InChI is InChI=1S/C8H9N5/c1-13(2)6-12-8-7(3-9)4-10-5-11-8/h4-6H,1-2H3/b12-6+. The Morgan fingerprint density at radius 3 is 3.00 bits per heavy atom. The molecule has 0 aliphatic rings. The van der Waals surface area contributed by atoms with E-state index < -0.39 is 0 Å². The zero-order valence-electron chi connectivity index (χ0n) is 7.47. The van der Waals surface area contributed by atoms with E-state index in [2.05, 4.69) is 15.0 Å². The van der Waals surface area contributed by atoms with Crippen LogP contribution >= 0.6 is 0 Å². The molecule has 1 aromatic heterocycles. The third kappa shape index (κ3) is 2.52.